The number of sulfone groups is 1. The summed E-state index contributed by atoms with van der Waals surface area (Å²) in [7, 11) is -0.980. The molecule has 1 saturated carbocycles. The zero-order chi connectivity index (χ0) is 19.9. The van der Waals surface area contributed by atoms with Crippen molar-refractivity contribution in [3.8, 4) is 0 Å². The maximum atomic E-state index is 11.7. The number of nitrogens with zero attached hydrogens (tertiary/aromatic N) is 2. The van der Waals surface area contributed by atoms with Gasteiger partial charge < -0.3 is 15.5 Å². The van der Waals surface area contributed by atoms with Gasteiger partial charge in [0.15, 0.2) is 15.8 Å². The number of aryl methyl sites for hydroxylation is 1. The number of hydrogen-bond donors (Lipinski definition) is 2. The number of likely N-dealkylation sites (N-methyl/N-ethyl adjacent to an activating group) is 1. The Morgan fingerprint density at radius 2 is 1.93 bits per heavy atom. The van der Waals surface area contributed by atoms with Gasteiger partial charge in [0, 0.05) is 31.9 Å². The molecule has 0 spiro atoms. The largest absolute Gasteiger partial charge is 0.357 e. The van der Waals surface area contributed by atoms with Crippen molar-refractivity contribution >= 4 is 39.8 Å². The molecular formula is C20H35IN4O2S. The summed E-state index contributed by atoms with van der Waals surface area (Å²) in [5, 5.41) is 6.67. The van der Waals surface area contributed by atoms with Crippen LogP contribution in [0.15, 0.2) is 28.1 Å². The fraction of sp³-hybridized carbons (Fsp3) is 0.650. The molecule has 0 heterocycles. The minimum Gasteiger partial charge on any atom is -0.357 e. The molecule has 0 atom stereocenters. The van der Waals surface area contributed by atoms with Gasteiger partial charge in [0.05, 0.1) is 11.4 Å². The lowest BCUT2D eigenvalue weighted by Gasteiger charge is -2.24. The highest BCUT2D eigenvalue weighted by molar-refractivity contribution is 14.0. The van der Waals surface area contributed by atoms with Crippen LogP contribution >= 0.6 is 24.0 Å². The first-order valence-corrected chi connectivity index (χ1v) is 11.7. The van der Waals surface area contributed by atoms with Gasteiger partial charge in [0.2, 0.25) is 0 Å². The van der Waals surface area contributed by atoms with Crippen LogP contribution in [0.3, 0.4) is 0 Å². The maximum absolute atomic E-state index is 11.7. The van der Waals surface area contributed by atoms with Crippen LogP contribution < -0.4 is 10.6 Å². The molecule has 0 radical (unpaired) electrons. The molecule has 0 amide bonds. The summed E-state index contributed by atoms with van der Waals surface area (Å²) in [6.07, 6.45) is 6.57. The van der Waals surface area contributed by atoms with E-state index < -0.39 is 9.84 Å². The van der Waals surface area contributed by atoms with E-state index in [-0.39, 0.29) is 24.0 Å². The second-order valence-corrected chi connectivity index (χ2v) is 9.40. The van der Waals surface area contributed by atoms with Crippen LogP contribution in [0.4, 0.5) is 0 Å². The van der Waals surface area contributed by atoms with E-state index in [0.717, 1.165) is 42.8 Å². The van der Waals surface area contributed by atoms with Gasteiger partial charge in [0.1, 0.15) is 0 Å². The van der Waals surface area contributed by atoms with Crippen LogP contribution in [0.25, 0.3) is 0 Å². The molecule has 1 fully saturated rings. The zero-order valence-electron chi connectivity index (χ0n) is 17.5. The Bertz CT molecular complexity index is 747. The highest BCUT2D eigenvalue weighted by Gasteiger charge is 2.18. The minimum atomic E-state index is -3.18. The molecule has 1 aromatic carbocycles. The smallest absolute Gasteiger partial charge is 0.191 e. The fourth-order valence-corrected chi connectivity index (χ4v) is 4.58. The lowest BCUT2D eigenvalue weighted by atomic mass is 10.1. The summed E-state index contributed by atoms with van der Waals surface area (Å²) in [5.41, 5.74) is 1.77. The summed E-state index contributed by atoms with van der Waals surface area (Å²) in [4.78, 5) is 7.46. The Hall–Kier alpha value is -0.870. The van der Waals surface area contributed by atoms with Crippen molar-refractivity contribution in [2.24, 2.45) is 4.99 Å². The Kier molecular flexibility index (Phi) is 10.8. The first-order valence-electron chi connectivity index (χ1n) is 9.83. The number of guanidine groups is 1. The summed E-state index contributed by atoms with van der Waals surface area (Å²) >= 11 is 0. The van der Waals surface area contributed by atoms with Gasteiger partial charge in [-0.3, -0.25) is 0 Å². The third-order valence-electron chi connectivity index (χ3n) is 5.11. The second-order valence-electron chi connectivity index (χ2n) is 7.41. The number of aliphatic imine (C=N–C) groups is 1. The van der Waals surface area contributed by atoms with Crippen molar-refractivity contribution in [2.75, 3.05) is 32.9 Å². The second kappa shape index (κ2) is 12.0. The van der Waals surface area contributed by atoms with E-state index in [9.17, 15) is 8.42 Å². The molecule has 1 aromatic rings. The SMILES string of the molecule is CCNC(=NCc1ccc(S(C)(=O)=O)c(C)c1)NCCN(C)C1CCCC1.I. The highest BCUT2D eigenvalue weighted by atomic mass is 127. The van der Waals surface area contributed by atoms with Crippen molar-refractivity contribution in [1.82, 2.24) is 15.5 Å². The predicted molar refractivity (Wildman–Crippen MR) is 127 cm³/mol. The molecule has 0 aromatic heterocycles. The van der Waals surface area contributed by atoms with E-state index in [1.165, 1.54) is 31.9 Å². The molecule has 1 aliphatic rings. The Morgan fingerprint density at radius 3 is 2.50 bits per heavy atom. The maximum Gasteiger partial charge on any atom is 0.191 e. The minimum absolute atomic E-state index is 0. The first-order chi connectivity index (χ1) is 12.8. The van der Waals surface area contributed by atoms with E-state index in [1.54, 1.807) is 6.07 Å². The Morgan fingerprint density at radius 1 is 1.25 bits per heavy atom. The number of halogens is 1. The number of rotatable bonds is 8. The van der Waals surface area contributed by atoms with Crippen LogP contribution in [0.1, 0.15) is 43.7 Å². The average molecular weight is 522 g/mol. The summed E-state index contributed by atoms with van der Waals surface area (Å²) in [6.45, 7) is 7.04. The van der Waals surface area contributed by atoms with Crippen molar-refractivity contribution in [3.63, 3.8) is 0 Å². The zero-order valence-corrected chi connectivity index (χ0v) is 20.6. The van der Waals surface area contributed by atoms with Gasteiger partial charge in [-0.25, -0.2) is 13.4 Å². The lowest BCUT2D eigenvalue weighted by Crippen LogP contribution is -2.42. The van der Waals surface area contributed by atoms with Crippen LogP contribution in [0, 0.1) is 6.92 Å². The molecule has 8 heteroatoms. The van der Waals surface area contributed by atoms with E-state index in [0.29, 0.717) is 11.4 Å². The normalized spacial score (nSPS) is 15.5. The van der Waals surface area contributed by atoms with Gasteiger partial charge in [-0.15, -0.1) is 24.0 Å². The quantitative estimate of drug-likeness (QED) is 0.312. The van der Waals surface area contributed by atoms with Crippen molar-refractivity contribution in [1.29, 1.82) is 0 Å². The van der Waals surface area contributed by atoms with Crippen LogP contribution in [0.5, 0.6) is 0 Å². The molecule has 0 aliphatic heterocycles. The third kappa shape index (κ3) is 7.87. The molecular weight excluding hydrogens is 487 g/mol. The molecule has 2 N–H and O–H groups in total. The summed E-state index contributed by atoms with van der Waals surface area (Å²) in [5.74, 6) is 0.794. The molecule has 0 unspecified atom stereocenters. The molecule has 160 valence electrons. The topological polar surface area (TPSA) is 73.8 Å². The van der Waals surface area contributed by atoms with Gasteiger partial charge in [-0.2, -0.15) is 0 Å². The average Bonchev–Trinajstić information content (AvgIpc) is 3.13. The van der Waals surface area contributed by atoms with E-state index in [2.05, 4.69) is 27.6 Å². The summed E-state index contributed by atoms with van der Waals surface area (Å²) in [6, 6.07) is 6.14. The van der Waals surface area contributed by atoms with Gasteiger partial charge in [-0.05, 0) is 50.9 Å². The van der Waals surface area contributed by atoms with Gasteiger partial charge in [0.25, 0.3) is 0 Å². The molecule has 6 nitrogen and oxygen atoms in total. The molecule has 0 saturated heterocycles. The van der Waals surface area contributed by atoms with Crippen LogP contribution in [0.2, 0.25) is 0 Å². The van der Waals surface area contributed by atoms with Crippen molar-refractivity contribution < 1.29 is 8.42 Å². The lowest BCUT2D eigenvalue weighted by molar-refractivity contribution is 0.249. The van der Waals surface area contributed by atoms with Crippen LogP contribution in [-0.2, 0) is 16.4 Å². The standard InChI is InChI=1S/C20H34N4O2S.HI/c1-5-21-20(22-12-13-24(3)18-8-6-7-9-18)23-15-17-10-11-19(16(2)14-17)27(4,25)26;/h10-11,14,18H,5-9,12-13,15H2,1-4H3,(H2,21,22,23);1H. The third-order valence-corrected chi connectivity index (χ3v) is 6.36. The number of hydrogen-bond acceptors (Lipinski definition) is 4. The molecule has 0 bridgehead atoms. The number of nitrogens with one attached hydrogen (secondary N) is 2. The van der Waals surface area contributed by atoms with E-state index in [4.69, 9.17) is 0 Å². The van der Waals surface area contributed by atoms with Crippen molar-refractivity contribution in [3.05, 3.63) is 29.3 Å². The van der Waals surface area contributed by atoms with Gasteiger partial charge >= 0.3 is 0 Å². The first kappa shape index (κ1) is 25.2. The van der Waals surface area contributed by atoms with Crippen LogP contribution in [-0.4, -0.2) is 58.3 Å². The summed E-state index contributed by atoms with van der Waals surface area (Å²) < 4.78 is 23.5. The molecule has 2 rings (SSSR count). The predicted octanol–water partition coefficient (Wildman–Crippen LogP) is 2.95. The molecule has 1 aliphatic carbocycles. The van der Waals surface area contributed by atoms with Crippen molar-refractivity contribution in [2.45, 2.75) is 57.0 Å². The van der Waals surface area contributed by atoms with E-state index >= 15 is 0 Å². The molecule has 28 heavy (non-hydrogen) atoms. The Balaban J connectivity index is 0.00000392. The van der Waals surface area contributed by atoms with E-state index in [1.807, 2.05) is 26.0 Å². The van der Waals surface area contributed by atoms with Gasteiger partial charge in [-0.1, -0.05) is 25.0 Å². The highest BCUT2D eigenvalue weighted by Crippen LogP contribution is 2.21. The number of benzene rings is 1. The Labute approximate surface area is 187 Å². The monoisotopic (exact) mass is 522 g/mol. The fourth-order valence-electron chi connectivity index (χ4n) is 3.62.